The largest absolute Gasteiger partial charge is 0.286 e. The highest BCUT2D eigenvalue weighted by molar-refractivity contribution is 7.85. The topological polar surface area (TPSA) is 54.4 Å². The Labute approximate surface area is 123 Å². The third-order valence-corrected chi connectivity index (χ3v) is 4.68. The number of rotatable bonds is 8. The van der Waals surface area contributed by atoms with Crippen LogP contribution in [-0.2, 0) is 22.0 Å². The lowest BCUT2D eigenvalue weighted by Gasteiger charge is -2.23. The van der Waals surface area contributed by atoms with Crippen molar-refractivity contribution in [2.24, 2.45) is 0 Å². The maximum atomic E-state index is 11.0. The Kier molecular flexibility index (Phi) is 6.21. The quantitative estimate of drug-likeness (QED) is 0.583. The first-order valence-electron chi connectivity index (χ1n) is 7.29. The average molecular weight is 298 g/mol. The fraction of sp³-hybridized carbons (Fsp3) is 0.625. The first-order valence-corrected chi connectivity index (χ1v) is 8.90. The Hall–Kier alpha value is -0.870. The molecular weight excluding hydrogens is 272 g/mol. The molecule has 0 amide bonds. The average Bonchev–Trinajstić information content (AvgIpc) is 2.32. The van der Waals surface area contributed by atoms with Gasteiger partial charge in [0.25, 0.3) is 10.1 Å². The zero-order valence-corrected chi connectivity index (χ0v) is 13.5. The van der Waals surface area contributed by atoms with Crippen LogP contribution in [0.15, 0.2) is 24.3 Å². The zero-order valence-electron chi connectivity index (χ0n) is 12.7. The second kappa shape index (κ2) is 7.23. The molecule has 0 spiro atoms. The predicted octanol–water partition coefficient (Wildman–Crippen LogP) is 3.97. The normalized spacial score (nSPS) is 12.6. The second-order valence-corrected chi connectivity index (χ2v) is 7.57. The van der Waals surface area contributed by atoms with Gasteiger partial charge in [-0.05, 0) is 24.0 Å². The van der Waals surface area contributed by atoms with E-state index in [9.17, 15) is 8.42 Å². The van der Waals surface area contributed by atoms with Crippen LogP contribution in [0, 0.1) is 0 Å². The molecular formula is C16H26O3S. The summed E-state index contributed by atoms with van der Waals surface area (Å²) in [6, 6.07) is 8.07. The molecule has 0 aliphatic heterocycles. The molecule has 0 aliphatic rings. The fourth-order valence-corrected chi connectivity index (χ4v) is 3.50. The molecule has 3 nitrogen and oxygen atoms in total. The van der Waals surface area contributed by atoms with Crippen LogP contribution in [0.25, 0.3) is 0 Å². The highest BCUT2D eigenvalue weighted by atomic mass is 32.2. The number of hydrogen-bond donors (Lipinski definition) is 1. The van der Waals surface area contributed by atoms with Gasteiger partial charge in [0, 0.05) is 5.41 Å². The Bertz CT molecular complexity index is 501. The van der Waals surface area contributed by atoms with Crippen LogP contribution in [0.1, 0.15) is 57.6 Å². The monoisotopic (exact) mass is 298 g/mol. The van der Waals surface area contributed by atoms with E-state index in [2.05, 4.69) is 19.1 Å². The van der Waals surface area contributed by atoms with Gasteiger partial charge in [-0.3, -0.25) is 4.55 Å². The minimum atomic E-state index is -3.96. The Morgan fingerprint density at radius 2 is 1.65 bits per heavy atom. The zero-order chi connectivity index (χ0) is 15.2. The van der Waals surface area contributed by atoms with Crippen LogP contribution in [0.4, 0.5) is 0 Å². The molecule has 0 saturated heterocycles. The summed E-state index contributed by atoms with van der Waals surface area (Å²) in [5, 5.41) is 0. The lowest BCUT2D eigenvalue weighted by molar-refractivity contribution is 0.460. The summed E-state index contributed by atoms with van der Waals surface area (Å²) < 4.78 is 31.1. The molecule has 0 fully saturated rings. The van der Waals surface area contributed by atoms with Gasteiger partial charge < -0.3 is 0 Å². The summed E-state index contributed by atoms with van der Waals surface area (Å²) in [7, 11) is -3.96. The molecule has 0 heterocycles. The van der Waals surface area contributed by atoms with Crippen LogP contribution in [0.3, 0.4) is 0 Å². The van der Waals surface area contributed by atoms with E-state index in [-0.39, 0.29) is 5.75 Å². The van der Waals surface area contributed by atoms with Crippen LogP contribution in [0.2, 0.25) is 0 Å². The molecule has 1 rings (SSSR count). The Morgan fingerprint density at radius 3 is 2.15 bits per heavy atom. The van der Waals surface area contributed by atoms with Gasteiger partial charge in [0.05, 0.1) is 5.75 Å². The maximum Gasteiger partial charge on any atom is 0.265 e. The molecule has 20 heavy (non-hydrogen) atoms. The van der Waals surface area contributed by atoms with Gasteiger partial charge in [-0.15, -0.1) is 0 Å². The van der Waals surface area contributed by atoms with Crippen molar-refractivity contribution in [2.45, 2.75) is 58.3 Å². The summed E-state index contributed by atoms with van der Waals surface area (Å²) >= 11 is 0. The van der Waals surface area contributed by atoms with Gasteiger partial charge in [-0.2, -0.15) is 8.42 Å². The number of unbranched alkanes of at least 4 members (excludes halogenated alkanes) is 3. The third kappa shape index (κ3) is 6.06. The van der Waals surface area contributed by atoms with Gasteiger partial charge in [0.1, 0.15) is 0 Å². The standard InChI is InChI=1S/C16H26O3S/c1-4-5-6-7-8-14-9-11-15(12-10-14)16(2,3)13-20(17,18)19/h9-12H,4-8,13H2,1-3H3,(H,17,18,19). The minimum Gasteiger partial charge on any atom is -0.286 e. The lowest BCUT2D eigenvalue weighted by atomic mass is 9.86. The van der Waals surface area contributed by atoms with E-state index in [1.165, 1.54) is 31.2 Å². The van der Waals surface area contributed by atoms with Crippen LogP contribution >= 0.6 is 0 Å². The molecule has 1 N–H and O–H groups in total. The molecule has 114 valence electrons. The highest BCUT2D eigenvalue weighted by Gasteiger charge is 2.26. The first-order chi connectivity index (χ1) is 9.24. The summed E-state index contributed by atoms with van der Waals surface area (Å²) in [6.07, 6.45) is 6.04. The molecule has 0 unspecified atom stereocenters. The summed E-state index contributed by atoms with van der Waals surface area (Å²) in [6.45, 7) is 5.86. The summed E-state index contributed by atoms with van der Waals surface area (Å²) in [4.78, 5) is 0. The molecule has 0 atom stereocenters. The number of aryl methyl sites for hydroxylation is 1. The van der Waals surface area contributed by atoms with Gasteiger partial charge in [0.15, 0.2) is 0 Å². The van der Waals surface area contributed by atoms with Crippen molar-refractivity contribution in [2.75, 3.05) is 5.75 Å². The van der Waals surface area contributed by atoms with Crippen molar-refractivity contribution < 1.29 is 13.0 Å². The van der Waals surface area contributed by atoms with Crippen LogP contribution in [0.5, 0.6) is 0 Å². The van der Waals surface area contributed by atoms with E-state index in [0.717, 1.165) is 12.0 Å². The van der Waals surface area contributed by atoms with Crippen molar-refractivity contribution in [3.05, 3.63) is 35.4 Å². The van der Waals surface area contributed by atoms with Gasteiger partial charge in [0.2, 0.25) is 0 Å². The van der Waals surface area contributed by atoms with Crippen molar-refractivity contribution >= 4 is 10.1 Å². The molecule has 0 aromatic heterocycles. The Morgan fingerprint density at radius 1 is 1.05 bits per heavy atom. The van der Waals surface area contributed by atoms with E-state index >= 15 is 0 Å². The van der Waals surface area contributed by atoms with Crippen LogP contribution in [-0.4, -0.2) is 18.7 Å². The molecule has 1 aromatic rings. The smallest absolute Gasteiger partial charge is 0.265 e. The fourth-order valence-electron chi connectivity index (χ4n) is 2.42. The lowest BCUT2D eigenvalue weighted by Crippen LogP contribution is -2.27. The van der Waals surface area contributed by atoms with Crippen molar-refractivity contribution in [3.8, 4) is 0 Å². The van der Waals surface area contributed by atoms with Gasteiger partial charge >= 0.3 is 0 Å². The minimum absolute atomic E-state index is 0.254. The van der Waals surface area contributed by atoms with Gasteiger partial charge in [-0.25, -0.2) is 0 Å². The SMILES string of the molecule is CCCCCCc1ccc(C(C)(C)CS(=O)(=O)O)cc1. The van der Waals surface area contributed by atoms with Crippen LogP contribution < -0.4 is 0 Å². The van der Waals surface area contributed by atoms with E-state index < -0.39 is 15.5 Å². The van der Waals surface area contributed by atoms with E-state index in [0.29, 0.717) is 0 Å². The second-order valence-electron chi connectivity index (χ2n) is 6.12. The van der Waals surface area contributed by atoms with Gasteiger partial charge in [-0.1, -0.05) is 64.3 Å². The van der Waals surface area contributed by atoms with Crippen molar-refractivity contribution in [1.29, 1.82) is 0 Å². The highest BCUT2D eigenvalue weighted by Crippen LogP contribution is 2.25. The van der Waals surface area contributed by atoms with E-state index in [4.69, 9.17) is 4.55 Å². The molecule has 4 heteroatoms. The van der Waals surface area contributed by atoms with Crippen molar-refractivity contribution in [1.82, 2.24) is 0 Å². The molecule has 0 saturated carbocycles. The predicted molar refractivity (Wildman–Crippen MR) is 83.7 cm³/mol. The molecule has 0 bridgehead atoms. The van der Waals surface area contributed by atoms with E-state index in [1.807, 2.05) is 26.0 Å². The first kappa shape index (κ1) is 17.2. The summed E-state index contributed by atoms with van der Waals surface area (Å²) in [5.74, 6) is -0.254. The number of benzene rings is 1. The molecule has 1 aromatic carbocycles. The molecule has 0 aliphatic carbocycles. The number of hydrogen-bond acceptors (Lipinski definition) is 2. The van der Waals surface area contributed by atoms with Crippen molar-refractivity contribution in [3.63, 3.8) is 0 Å². The maximum absolute atomic E-state index is 11.0. The summed E-state index contributed by atoms with van der Waals surface area (Å²) in [5.41, 5.74) is 1.65. The Balaban J connectivity index is 2.66. The molecule has 0 radical (unpaired) electrons. The van der Waals surface area contributed by atoms with E-state index in [1.54, 1.807) is 0 Å². The third-order valence-electron chi connectivity index (χ3n) is 3.60.